The van der Waals surface area contributed by atoms with Gasteiger partial charge in [-0.25, -0.2) is 4.39 Å². The van der Waals surface area contributed by atoms with E-state index in [1.165, 1.54) is 23.5 Å². The summed E-state index contributed by atoms with van der Waals surface area (Å²) >= 11 is 1.51. The van der Waals surface area contributed by atoms with E-state index in [2.05, 4.69) is 0 Å². The fraction of sp³-hybridized carbons (Fsp3) is 0.400. The minimum Gasteiger partial charge on any atom is -0.338 e. The van der Waals surface area contributed by atoms with Crippen LogP contribution in [0, 0.1) is 11.2 Å². The van der Waals surface area contributed by atoms with Gasteiger partial charge in [-0.3, -0.25) is 9.59 Å². The Hall–Kier alpha value is -2.21. The molecular formula is C20H21FN2O2S. The van der Waals surface area contributed by atoms with Crippen LogP contribution in [0.15, 0.2) is 41.1 Å². The van der Waals surface area contributed by atoms with E-state index < -0.39 is 5.41 Å². The summed E-state index contributed by atoms with van der Waals surface area (Å²) in [7, 11) is 0. The molecule has 1 atom stereocenters. The van der Waals surface area contributed by atoms with E-state index in [9.17, 15) is 14.0 Å². The van der Waals surface area contributed by atoms with Crippen molar-refractivity contribution in [2.24, 2.45) is 5.41 Å². The van der Waals surface area contributed by atoms with Crippen molar-refractivity contribution in [2.45, 2.75) is 25.8 Å². The molecule has 26 heavy (non-hydrogen) atoms. The van der Waals surface area contributed by atoms with Gasteiger partial charge in [-0.2, -0.15) is 11.3 Å². The molecule has 3 heterocycles. The molecule has 6 heteroatoms. The molecule has 0 aliphatic carbocycles. The van der Waals surface area contributed by atoms with E-state index in [1.807, 2.05) is 26.6 Å². The van der Waals surface area contributed by atoms with Crippen molar-refractivity contribution in [3.63, 3.8) is 0 Å². The SMILES string of the molecule is O=C(c1ccsc1)N1CC[C@@]2(CCCN(Cc3ccc(F)cc3)C2=O)C1. The van der Waals surface area contributed by atoms with Crippen LogP contribution in [0.1, 0.15) is 35.2 Å². The van der Waals surface area contributed by atoms with Gasteiger partial charge in [0.2, 0.25) is 5.91 Å². The van der Waals surface area contributed by atoms with Gasteiger partial charge in [-0.15, -0.1) is 0 Å². The van der Waals surface area contributed by atoms with Gasteiger partial charge in [0.15, 0.2) is 0 Å². The van der Waals surface area contributed by atoms with Gasteiger partial charge in [0, 0.05) is 31.6 Å². The maximum Gasteiger partial charge on any atom is 0.254 e. The molecule has 0 bridgehead atoms. The summed E-state index contributed by atoms with van der Waals surface area (Å²) in [5, 5.41) is 3.76. The van der Waals surface area contributed by atoms with Crippen molar-refractivity contribution in [1.82, 2.24) is 9.80 Å². The quantitative estimate of drug-likeness (QED) is 0.827. The van der Waals surface area contributed by atoms with Gasteiger partial charge in [0.1, 0.15) is 5.82 Å². The molecule has 2 saturated heterocycles. The Bertz CT molecular complexity index is 806. The van der Waals surface area contributed by atoms with Gasteiger partial charge in [0.05, 0.1) is 11.0 Å². The summed E-state index contributed by atoms with van der Waals surface area (Å²) in [6, 6.07) is 8.14. The van der Waals surface area contributed by atoms with E-state index >= 15 is 0 Å². The van der Waals surface area contributed by atoms with Crippen LogP contribution < -0.4 is 0 Å². The third kappa shape index (κ3) is 3.14. The zero-order chi connectivity index (χ0) is 18.1. The van der Waals surface area contributed by atoms with Crippen molar-refractivity contribution in [3.8, 4) is 0 Å². The fourth-order valence-electron chi connectivity index (χ4n) is 4.11. The van der Waals surface area contributed by atoms with Crippen molar-refractivity contribution >= 4 is 23.2 Å². The number of likely N-dealkylation sites (tertiary alicyclic amines) is 2. The zero-order valence-corrected chi connectivity index (χ0v) is 15.3. The number of thiophene rings is 1. The molecular weight excluding hydrogens is 351 g/mol. The number of hydrogen-bond donors (Lipinski definition) is 0. The molecule has 1 spiro atoms. The number of nitrogens with zero attached hydrogens (tertiary/aromatic N) is 2. The highest BCUT2D eigenvalue weighted by Crippen LogP contribution is 2.41. The molecule has 1 aromatic carbocycles. The highest BCUT2D eigenvalue weighted by atomic mass is 32.1. The topological polar surface area (TPSA) is 40.6 Å². The molecule has 2 amide bonds. The fourth-order valence-corrected chi connectivity index (χ4v) is 4.74. The van der Waals surface area contributed by atoms with Crippen LogP contribution in [0.3, 0.4) is 0 Å². The Kier molecular flexibility index (Phi) is 4.53. The lowest BCUT2D eigenvalue weighted by Crippen LogP contribution is -2.50. The first-order valence-corrected chi connectivity index (χ1v) is 9.87. The van der Waals surface area contributed by atoms with Crippen LogP contribution in [0.2, 0.25) is 0 Å². The second-order valence-electron chi connectivity index (χ2n) is 7.23. The first-order chi connectivity index (χ1) is 12.6. The first-order valence-electron chi connectivity index (χ1n) is 8.93. The number of hydrogen-bond acceptors (Lipinski definition) is 3. The average molecular weight is 372 g/mol. The monoisotopic (exact) mass is 372 g/mol. The van der Waals surface area contributed by atoms with Crippen LogP contribution in [-0.4, -0.2) is 41.2 Å². The molecule has 2 aliphatic heterocycles. The Labute approximate surface area is 156 Å². The lowest BCUT2D eigenvalue weighted by molar-refractivity contribution is -0.146. The van der Waals surface area contributed by atoms with Gasteiger partial charge >= 0.3 is 0 Å². The molecule has 0 unspecified atom stereocenters. The van der Waals surface area contributed by atoms with Crippen LogP contribution in [0.5, 0.6) is 0 Å². The molecule has 1 aromatic heterocycles. The Morgan fingerprint density at radius 2 is 1.96 bits per heavy atom. The maximum atomic E-state index is 13.2. The van der Waals surface area contributed by atoms with E-state index in [0.717, 1.165) is 31.4 Å². The number of amides is 2. The van der Waals surface area contributed by atoms with Crippen molar-refractivity contribution < 1.29 is 14.0 Å². The molecule has 4 nitrogen and oxygen atoms in total. The van der Waals surface area contributed by atoms with Gasteiger partial charge in [-0.05, 0) is 48.4 Å². The second kappa shape index (κ2) is 6.83. The van der Waals surface area contributed by atoms with Gasteiger partial charge in [-0.1, -0.05) is 12.1 Å². The molecule has 2 fully saturated rings. The van der Waals surface area contributed by atoms with Crippen LogP contribution in [0.25, 0.3) is 0 Å². The van der Waals surface area contributed by atoms with Gasteiger partial charge < -0.3 is 9.80 Å². The van der Waals surface area contributed by atoms with Gasteiger partial charge in [0.25, 0.3) is 5.91 Å². The van der Waals surface area contributed by atoms with Crippen molar-refractivity contribution in [1.29, 1.82) is 0 Å². The summed E-state index contributed by atoms with van der Waals surface area (Å²) in [5.41, 5.74) is 1.18. The Morgan fingerprint density at radius 1 is 1.15 bits per heavy atom. The van der Waals surface area contributed by atoms with Crippen molar-refractivity contribution in [2.75, 3.05) is 19.6 Å². The number of carbonyl (C=O) groups is 2. The normalized spacial score (nSPS) is 23.0. The van der Waals surface area contributed by atoms with Crippen LogP contribution in [0.4, 0.5) is 4.39 Å². The molecule has 136 valence electrons. The highest BCUT2D eigenvalue weighted by molar-refractivity contribution is 7.08. The van der Waals surface area contributed by atoms with E-state index in [1.54, 1.807) is 12.1 Å². The molecule has 0 saturated carbocycles. The summed E-state index contributed by atoms with van der Waals surface area (Å²) in [6.45, 7) is 2.35. The number of piperidine rings is 1. The lowest BCUT2D eigenvalue weighted by Gasteiger charge is -2.39. The van der Waals surface area contributed by atoms with E-state index in [4.69, 9.17) is 0 Å². The first kappa shape index (κ1) is 17.2. The average Bonchev–Trinajstić information content (AvgIpc) is 3.31. The number of halogens is 1. The Morgan fingerprint density at radius 3 is 2.69 bits per heavy atom. The zero-order valence-electron chi connectivity index (χ0n) is 14.5. The summed E-state index contributed by atoms with van der Waals surface area (Å²) in [4.78, 5) is 29.5. The number of rotatable bonds is 3. The minimum absolute atomic E-state index is 0.0200. The minimum atomic E-state index is -0.454. The summed E-state index contributed by atoms with van der Waals surface area (Å²) < 4.78 is 13.1. The van der Waals surface area contributed by atoms with Crippen molar-refractivity contribution in [3.05, 3.63) is 58.0 Å². The largest absolute Gasteiger partial charge is 0.338 e. The predicted molar refractivity (Wildman–Crippen MR) is 98.3 cm³/mol. The molecule has 0 radical (unpaired) electrons. The highest BCUT2D eigenvalue weighted by Gasteiger charge is 2.49. The smallest absolute Gasteiger partial charge is 0.254 e. The predicted octanol–water partition coefficient (Wildman–Crippen LogP) is 3.54. The third-order valence-corrected chi connectivity index (χ3v) is 6.20. The second-order valence-corrected chi connectivity index (χ2v) is 8.01. The van der Waals surface area contributed by atoms with E-state index in [-0.39, 0.29) is 17.6 Å². The van der Waals surface area contributed by atoms with Crippen LogP contribution in [-0.2, 0) is 11.3 Å². The number of carbonyl (C=O) groups excluding carboxylic acids is 2. The standard InChI is InChI=1S/C20H21FN2O2S/c21-17-4-2-15(3-5-17)12-22-9-1-7-20(19(22)25)8-10-23(14-20)18(24)16-6-11-26-13-16/h2-6,11,13H,1,7-10,12,14H2/t20-/m0/s1. The van der Waals surface area contributed by atoms with Crippen LogP contribution >= 0.6 is 11.3 Å². The number of benzene rings is 1. The molecule has 4 rings (SSSR count). The third-order valence-electron chi connectivity index (χ3n) is 5.52. The molecule has 2 aliphatic rings. The lowest BCUT2D eigenvalue weighted by atomic mass is 9.78. The summed E-state index contributed by atoms with van der Waals surface area (Å²) in [6.07, 6.45) is 2.49. The summed E-state index contributed by atoms with van der Waals surface area (Å²) in [5.74, 6) is -0.117. The molecule has 2 aromatic rings. The van der Waals surface area contributed by atoms with E-state index in [0.29, 0.717) is 25.2 Å². The Balaban J connectivity index is 1.47. The molecule has 0 N–H and O–H groups in total. The maximum absolute atomic E-state index is 13.2.